The normalized spacial score (nSPS) is 11.1. The van der Waals surface area contributed by atoms with Gasteiger partial charge in [-0.1, -0.05) is 35.1 Å². The minimum Gasteiger partial charge on any atom is -0.451 e. The molecule has 1 amide bonds. The van der Waals surface area contributed by atoms with E-state index in [1.54, 1.807) is 25.4 Å². The number of furan rings is 1. The number of aryl methyl sites for hydroxylation is 2. The molecule has 0 aliphatic heterocycles. The summed E-state index contributed by atoms with van der Waals surface area (Å²) in [6, 6.07) is 9.40. The van der Waals surface area contributed by atoms with Gasteiger partial charge < -0.3 is 14.3 Å². The molecule has 1 N–H and O–H groups in total. The monoisotopic (exact) mass is 409 g/mol. The van der Waals surface area contributed by atoms with Crippen LogP contribution in [-0.2, 0) is 12.2 Å². The highest BCUT2D eigenvalue weighted by Gasteiger charge is 2.20. The van der Waals surface area contributed by atoms with Crippen molar-refractivity contribution in [3.05, 3.63) is 65.8 Å². The van der Waals surface area contributed by atoms with E-state index in [-0.39, 0.29) is 5.91 Å². The van der Waals surface area contributed by atoms with Crippen LogP contribution in [-0.4, -0.2) is 32.6 Å². The predicted octanol–water partition coefficient (Wildman–Crippen LogP) is 3.57. The predicted molar refractivity (Wildman–Crippen MR) is 107 cm³/mol. The second-order valence-electron chi connectivity index (χ2n) is 6.32. The van der Waals surface area contributed by atoms with Crippen molar-refractivity contribution in [2.24, 2.45) is 0 Å². The lowest BCUT2D eigenvalue weighted by Crippen LogP contribution is -2.25. The minimum absolute atomic E-state index is 0.243. The Labute approximate surface area is 171 Å². The first-order valence-electron chi connectivity index (χ1n) is 9.18. The van der Waals surface area contributed by atoms with Crippen molar-refractivity contribution in [2.75, 3.05) is 6.54 Å². The summed E-state index contributed by atoms with van der Waals surface area (Å²) in [5.74, 6) is 1.79. The lowest BCUT2D eigenvalue weighted by atomic mass is 10.1. The summed E-state index contributed by atoms with van der Waals surface area (Å²) in [4.78, 5) is 25.4. The summed E-state index contributed by atoms with van der Waals surface area (Å²) in [6.45, 7) is 2.25. The minimum atomic E-state index is -0.243. The quantitative estimate of drug-likeness (QED) is 0.267. The number of hydrogen-bond donors (Lipinski definition) is 1. The zero-order chi connectivity index (χ0) is 20.1. The lowest BCUT2D eigenvalue weighted by Gasteiger charge is -2.05. The second kappa shape index (κ2) is 8.87. The number of fused-ring (bicyclic) bond motifs is 1. The molecule has 1 aromatic carbocycles. The molecule has 29 heavy (non-hydrogen) atoms. The van der Waals surface area contributed by atoms with E-state index in [0.29, 0.717) is 53.4 Å². The van der Waals surface area contributed by atoms with Gasteiger partial charge in [0.2, 0.25) is 5.89 Å². The van der Waals surface area contributed by atoms with Crippen LogP contribution in [0.5, 0.6) is 0 Å². The molecular formula is C20H19N5O3S. The molecule has 0 aliphatic rings. The Morgan fingerprint density at radius 1 is 1.17 bits per heavy atom. The van der Waals surface area contributed by atoms with Crippen LogP contribution in [0.25, 0.3) is 11.0 Å². The molecule has 4 rings (SSSR count). The van der Waals surface area contributed by atoms with E-state index < -0.39 is 0 Å². The summed E-state index contributed by atoms with van der Waals surface area (Å²) >= 11 is 1.46. The topological polar surface area (TPSA) is 107 Å². The molecular weight excluding hydrogens is 390 g/mol. The third-order valence-electron chi connectivity index (χ3n) is 4.21. The number of para-hydroxylation sites is 1. The molecule has 0 unspecified atom stereocenters. The van der Waals surface area contributed by atoms with Crippen LogP contribution in [0, 0.1) is 6.92 Å². The van der Waals surface area contributed by atoms with Crippen LogP contribution >= 0.6 is 11.8 Å². The number of carbonyl (C=O) groups excluding carboxylic acids is 1. The Balaban J connectivity index is 1.44. The molecule has 0 aliphatic carbocycles. The first kappa shape index (κ1) is 19.1. The van der Waals surface area contributed by atoms with Crippen molar-refractivity contribution in [2.45, 2.75) is 30.7 Å². The Bertz CT molecular complexity index is 1110. The number of nitrogens with zero attached hydrogens (tertiary/aromatic N) is 4. The van der Waals surface area contributed by atoms with Crippen LogP contribution in [0.15, 0.2) is 56.8 Å². The highest BCUT2D eigenvalue weighted by molar-refractivity contribution is 7.98. The van der Waals surface area contributed by atoms with E-state index in [1.807, 2.05) is 24.3 Å². The molecule has 0 bridgehead atoms. The van der Waals surface area contributed by atoms with E-state index in [1.165, 1.54) is 11.8 Å². The maximum atomic E-state index is 12.8. The van der Waals surface area contributed by atoms with E-state index in [4.69, 9.17) is 8.94 Å². The number of amides is 1. The van der Waals surface area contributed by atoms with Gasteiger partial charge in [-0.3, -0.25) is 4.79 Å². The van der Waals surface area contributed by atoms with Gasteiger partial charge in [0.1, 0.15) is 5.58 Å². The van der Waals surface area contributed by atoms with Gasteiger partial charge in [-0.25, -0.2) is 9.97 Å². The standard InChI is InChI=1S/C20H19N5O3S/c1-13-24-17(28-25-13)8-4-9-21-19(26)18-15(12-29-20-22-10-5-11-23-20)14-6-2-3-7-16(14)27-18/h2-3,5-7,10-11H,4,8-9,12H2,1H3,(H,21,26). The molecule has 148 valence electrons. The Morgan fingerprint density at radius 2 is 2.00 bits per heavy atom. The van der Waals surface area contributed by atoms with E-state index >= 15 is 0 Å². The van der Waals surface area contributed by atoms with Crippen molar-refractivity contribution in [1.82, 2.24) is 25.4 Å². The summed E-state index contributed by atoms with van der Waals surface area (Å²) in [7, 11) is 0. The van der Waals surface area contributed by atoms with Gasteiger partial charge in [-0.05, 0) is 25.5 Å². The number of benzene rings is 1. The lowest BCUT2D eigenvalue weighted by molar-refractivity contribution is 0.0926. The highest BCUT2D eigenvalue weighted by atomic mass is 32.2. The fraction of sp³-hybridized carbons (Fsp3) is 0.250. The van der Waals surface area contributed by atoms with Gasteiger partial charge in [-0.15, -0.1) is 0 Å². The number of aromatic nitrogens is 4. The maximum Gasteiger partial charge on any atom is 0.287 e. The van der Waals surface area contributed by atoms with Crippen molar-refractivity contribution < 1.29 is 13.7 Å². The van der Waals surface area contributed by atoms with Crippen LogP contribution in [0.3, 0.4) is 0 Å². The molecule has 0 saturated carbocycles. The SMILES string of the molecule is Cc1noc(CCCNC(=O)c2oc3ccccc3c2CSc2ncccn2)n1. The first-order chi connectivity index (χ1) is 14.2. The van der Waals surface area contributed by atoms with Crippen molar-refractivity contribution in [3.63, 3.8) is 0 Å². The Hall–Kier alpha value is -3.20. The summed E-state index contributed by atoms with van der Waals surface area (Å²) < 4.78 is 10.9. The number of thioether (sulfide) groups is 1. The van der Waals surface area contributed by atoms with Crippen LogP contribution in [0.4, 0.5) is 0 Å². The summed E-state index contributed by atoms with van der Waals surface area (Å²) in [5.41, 5.74) is 1.52. The average Bonchev–Trinajstić information content (AvgIpc) is 3.33. The van der Waals surface area contributed by atoms with Gasteiger partial charge in [0.05, 0.1) is 0 Å². The Kier molecular flexibility index (Phi) is 5.85. The average molecular weight is 409 g/mol. The zero-order valence-corrected chi connectivity index (χ0v) is 16.6. The van der Waals surface area contributed by atoms with E-state index in [9.17, 15) is 4.79 Å². The molecule has 0 saturated heterocycles. The summed E-state index contributed by atoms with van der Waals surface area (Å²) in [5, 5.41) is 8.24. The van der Waals surface area contributed by atoms with Crippen LogP contribution in [0.1, 0.15) is 34.3 Å². The fourth-order valence-corrected chi connectivity index (χ4v) is 3.72. The molecule has 3 aromatic heterocycles. The number of nitrogens with one attached hydrogen (secondary N) is 1. The molecule has 9 heteroatoms. The van der Waals surface area contributed by atoms with Crippen LogP contribution < -0.4 is 5.32 Å². The highest BCUT2D eigenvalue weighted by Crippen LogP contribution is 2.30. The van der Waals surface area contributed by atoms with Gasteiger partial charge in [0.25, 0.3) is 5.91 Å². The van der Waals surface area contributed by atoms with Gasteiger partial charge in [-0.2, -0.15) is 4.98 Å². The largest absolute Gasteiger partial charge is 0.451 e. The van der Waals surface area contributed by atoms with E-state index in [0.717, 1.165) is 10.9 Å². The number of carbonyl (C=O) groups is 1. The third-order valence-corrected chi connectivity index (χ3v) is 5.12. The van der Waals surface area contributed by atoms with Gasteiger partial charge >= 0.3 is 0 Å². The van der Waals surface area contributed by atoms with Crippen molar-refractivity contribution >= 4 is 28.6 Å². The van der Waals surface area contributed by atoms with Gasteiger partial charge in [0, 0.05) is 42.1 Å². The fourth-order valence-electron chi connectivity index (χ4n) is 2.89. The second-order valence-corrected chi connectivity index (χ2v) is 7.26. The smallest absolute Gasteiger partial charge is 0.287 e. The molecule has 0 fully saturated rings. The molecule has 3 heterocycles. The molecule has 0 atom stereocenters. The Morgan fingerprint density at radius 3 is 2.79 bits per heavy atom. The molecule has 4 aromatic rings. The molecule has 0 radical (unpaired) electrons. The van der Waals surface area contributed by atoms with Crippen LogP contribution in [0.2, 0.25) is 0 Å². The molecule has 8 nitrogen and oxygen atoms in total. The third kappa shape index (κ3) is 4.62. The first-order valence-corrected chi connectivity index (χ1v) is 10.2. The summed E-state index contributed by atoms with van der Waals surface area (Å²) in [6.07, 6.45) is 4.69. The van der Waals surface area contributed by atoms with Crippen molar-refractivity contribution in [1.29, 1.82) is 0 Å². The number of rotatable bonds is 8. The molecule has 0 spiro atoms. The van der Waals surface area contributed by atoms with E-state index in [2.05, 4.69) is 25.4 Å². The zero-order valence-electron chi connectivity index (χ0n) is 15.8. The number of hydrogen-bond acceptors (Lipinski definition) is 8. The van der Waals surface area contributed by atoms with Gasteiger partial charge in [0.15, 0.2) is 16.7 Å². The maximum absolute atomic E-state index is 12.8. The van der Waals surface area contributed by atoms with Crippen molar-refractivity contribution in [3.8, 4) is 0 Å².